The van der Waals surface area contributed by atoms with E-state index in [2.05, 4.69) is 20.6 Å². The van der Waals surface area contributed by atoms with Gasteiger partial charge >= 0.3 is 0 Å². The average molecular weight is 384 g/mol. The van der Waals surface area contributed by atoms with E-state index in [4.69, 9.17) is 4.74 Å². The Morgan fingerprint density at radius 2 is 1.64 bits per heavy atom. The molecule has 2 N–H and O–H groups in total. The van der Waals surface area contributed by atoms with Crippen LogP contribution in [0.15, 0.2) is 54.9 Å². The van der Waals surface area contributed by atoms with Gasteiger partial charge in [0, 0.05) is 12.4 Å². The lowest BCUT2D eigenvalue weighted by Crippen LogP contribution is -2.15. The van der Waals surface area contributed by atoms with Crippen LogP contribution in [0.3, 0.4) is 0 Å². The number of amides is 1. The molecule has 0 aliphatic rings. The van der Waals surface area contributed by atoms with Gasteiger partial charge < -0.3 is 15.4 Å². The van der Waals surface area contributed by atoms with Crippen LogP contribution in [0, 0.1) is 11.6 Å². The third kappa shape index (κ3) is 4.59. The summed E-state index contributed by atoms with van der Waals surface area (Å²) in [6.45, 7) is 3.77. The zero-order valence-electron chi connectivity index (χ0n) is 15.2. The van der Waals surface area contributed by atoms with E-state index in [1.54, 1.807) is 24.3 Å². The van der Waals surface area contributed by atoms with E-state index in [0.717, 1.165) is 12.1 Å². The van der Waals surface area contributed by atoms with Crippen LogP contribution in [0.4, 0.5) is 26.1 Å². The number of halogens is 2. The molecule has 0 aliphatic heterocycles. The third-order valence-corrected chi connectivity index (χ3v) is 3.61. The van der Waals surface area contributed by atoms with Gasteiger partial charge in [-0.1, -0.05) is 18.2 Å². The molecular weight excluding hydrogens is 366 g/mol. The van der Waals surface area contributed by atoms with Gasteiger partial charge in [0.05, 0.1) is 17.4 Å². The van der Waals surface area contributed by atoms with Crippen LogP contribution in [0.25, 0.3) is 0 Å². The van der Waals surface area contributed by atoms with Gasteiger partial charge in [-0.15, -0.1) is 0 Å². The second kappa shape index (κ2) is 8.43. The lowest BCUT2D eigenvalue weighted by molar-refractivity contribution is 0.102. The summed E-state index contributed by atoms with van der Waals surface area (Å²) in [4.78, 5) is 20.3. The molecule has 1 aromatic heterocycles. The van der Waals surface area contributed by atoms with Crippen LogP contribution in [0.5, 0.6) is 5.75 Å². The lowest BCUT2D eigenvalue weighted by Gasteiger charge is -2.14. The Morgan fingerprint density at radius 1 is 1.00 bits per heavy atom. The minimum absolute atomic E-state index is 0.0379. The summed E-state index contributed by atoms with van der Waals surface area (Å²) in [6.07, 6.45) is 2.47. The molecule has 0 aliphatic carbocycles. The van der Waals surface area contributed by atoms with E-state index in [9.17, 15) is 13.6 Å². The van der Waals surface area contributed by atoms with Crippen molar-refractivity contribution < 1.29 is 18.3 Å². The molecule has 1 amide bonds. The normalized spacial score (nSPS) is 10.6. The fraction of sp³-hybridized carbons (Fsp3) is 0.150. The van der Waals surface area contributed by atoms with Crippen molar-refractivity contribution >= 4 is 23.2 Å². The highest BCUT2D eigenvalue weighted by Crippen LogP contribution is 2.25. The molecule has 3 rings (SSSR count). The molecule has 0 atom stereocenters. The molecule has 2 aromatic carbocycles. The van der Waals surface area contributed by atoms with Crippen molar-refractivity contribution in [3.8, 4) is 5.75 Å². The van der Waals surface area contributed by atoms with E-state index in [0.29, 0.717) is 11.4 Å². The van der Waals surface area contributed by atoms with Crippen molar-refractivity contribution in [1.82, 2.24) is 9.97 Å². The van der Waals surface area contributed by atoms with Crippen molar-refractivity contribution in [3.63, 3.8) is 0 Å². The van der Waals surface area contributed by atoms with E-state index in [1.807, 2.05) is 13.8 Å². The Labute approximate surface area is 160 Å². The number of carbonyl (C=O) groups is 1. The Bertz CT molecular complexity index is 958. The molecule has 28 heavy (non-hydrogen) atoms. The Balaban J connectivity index is 1.73. The fourth-order valence-electron chi connectivity index (χ4n) is 2.36. The van der Waals surface area contributed by atoms with Crippen molar-refractivity contribution in [2.24, 2.45) is 0 Å². The number of rotatable bonds is 6. The molecule has 3 aromatic rings. The number of hydrogen-bond acceptors (Lipinski definition) is 5. The zero-order chi connectivity index (χ0) is 20.1. The second-order valence-corrected chi connectivity index (χ2v) is 6.13. The number of benzene rings is 2. The minimum atomic E-state index is -0.771. The Morgan fingerprint density at radius 3 is 2.29 bits per heavy atom. The van der Waals surface area contributed by atoms with Gasteiger partial charge in [-0.3, -0.25) is 4.79 Å². The summed E-state index contributed by atoms with van der Waals surface area (Å²) in [6, 6.07) is 10.5. The largest absolute Gasteiger partial charge is 0.489 e. The predicted octanol–water partition coefficient (Wildman–Crippen LogP) is 4.54. The molecule has 8 heteroatoms. The third-order valence-electron chi connectivity index (χ3n) is 3.61. The first kappa shape index (κ1) is 19.2. The summed E-state index contributed by atoms with van der Waals surface area (Å²) < 4.78 is 33.0. The fourth-order valence-corrected chi connectivity index (χ4v) is 2.36. The van der Waals surface area contributed by atoms with Crippen LogP contribution in [-0.4, -0.2) is 22.0 Å². The molecule has 144 valence electrons. The van der Waals surface area contributed by atoms with Gasteiger partial charge in [0.15, 0.2) is 0 Å². The van der Waals surface area contributed by atoms with Gasteiger partial charge in [-0.05, 0) is 38.1 Å². The topological polar surface area (TPSA) is 76.1 Å². The SMILES string of the molecule is CC(C)Oc1ccccc1NC(=O)c1cnc(Nc2c(F)cccc2F)nc1. The van der Waals surface area contributed by atoms with Crippen LogP contribution in [0.1, 0.15) is 24.2 Å². The Hall–Kier alpha value is -3.55. The second-order valence-electron chi connectivity index (χ2n) is 6.13. The molecule has 0 saturated carbocycles. The maximum Gasteiger partial charge on any atom is 0.258 e. The van der Waals surface area contributed by atoms with Crippen molar-refractivity contribution in [2.75, 3.05) is 10.6 Å². The molecule has 0 fully saturated rings. The number of anilines is 3. The average Bonchev–Trinajstić information content (AvgIpc) is 2.66. The van der Waals surface area contributed by atoms with Crippen molar-refractivity contribution in [1.29, 1.82) is 0 Å². The number of nitrogens with one attached hydrogen (secondary N) is 2. The maximum atomic E-state index is 13.7. The van der Waals surface area contributed by atoms with Crippen LogP contribution >= 0.6 is 0 Å². The number of carbonyl (C=O) groups excluding carboxylic acids is 1. The number of hydrogen-bond donors (Lipinski definition) is 2. The minimum Gasteiger partial charge on any atom is -0.489 e. The maximum absolute atomic E-state index is 13.7. The standard InChI is InChI=1S/C20H18F2N4O2/c1-12(2)28-17-9-4-3-8-16(17)25-19(27)13-10-23-20(24-11-13)26-18-14(21)6-5-7-15(18)22/h3-12H,1-2H3,(H,25,27)(H,23,24,26). The van der Waals surface area contributed by atoms with Crippen LogP contribution in [-0.2, 0) is 0 Å². The van der Waals surface area contributed by atoms with Gasteiger partial charge in [-0.2, -0.15) is 0 Å². The van der Waals surface area contributed by atoms with Crippen molar-refractivity contribution in [2.45, 2.75) is 20.0 Å². The first-order chi connectivity index (χ1) is 13.4. The summed E-state index contributed by atoms with van der Waals surface area (Å²) in [5.74, 6) is -1.48. The number of para-hydroxylation sites is 3. The van der Waals surface area contributed by atoms with Crippen LogP contribution in [0.2, 0.25) is 0 Å². The molecule has 0 unspecified atom stereocenters. The molecule has 0 bridgehead atoms. The van der Waals surface area contributed by atoms with Gasteiger partial charge in [0.1, 0.15) is 23.1 Å². The molecule has 0 spiro atoms. The summed E-state index contributed by atoms with van der Waals surface area (Å²) >= 11 is 0. The monoisotopic (exact) mass is 384 g/mol. The first-order valence-corrected chi connectivity index (χ1v) is 8.54. The number of ether oxygens (including phenoxy) is 1. The number of aromatic nitrogens is 2. The Kier molecular flexibility index (Phi) is 5.78. The van der Waals surface area contributed by atoms with E-state index in [1.165, 1.54) is 18.5 Å². The predicted molar refractivity (Wildman–Crippen MR) is 102 cm³/mol. The smallest absolute Gasteiger partial charge is 0.258 e. The summed E-state index contributed by atoms with van der Waals surface area (Å²) in [5.41, 5.74) is 0.329. The lowest BCUT2D eigenvalue weighted by atomic mass is 10.2. The van der Waals surface area contributed by atoms with Gasteiger partial charge in [-0.25, -0.2) is 18.7 Å². The highest BCUT2D eigenvalue weighted by molar-refractivity contribution is 6.04. The highest BCUT2D eigenvalue weighted by atomic mass is 19.1. The van der Waals surface area contributed by atoms with Crippen molar-refractivity contribution in [3.05, 3.63) is 72.1 Å². The van der Waals surface area contributed by atoms with E-state index in [-0.39, 0.29) is 23.3 Å². The summed E-state index contributed by atoms with van der Waals surface area (Å²) in [7, 11) is 0. The summed E-state index contributed by atoms with van der Waals surface area (Å²) in [5, 5.41) is 5.20. The van der Waals surface area contributed by atoms with Gasteiger partial charge in [0.25, 0.3) is 5.91 Å². The number of nitrogens with zero attached hydrogens (tertiary/aromatic N) is 2. The molecule has 1 heterocycles. The van der Waals surface area contributed by atoms with E-state index < -0.39 is 17.5 Å². The molecule has 0 saturated heterocycles. The van der Waals surface area contributed by atoms with Crippen LogP contribution < -0.4 is 15.4 Å². The zero-order valence-corrected chi connectivity index (χ0v) is 15.2. The van der Waals surface area contributed by atoms with Gasteiger partial charge in [0.2, 0.25) is 5.95 Å². The molecular formula is C20H18F2N4O2. The molecule has 0 radical (unpaired) electrons. The quantitative estimate of drug-likeness (QED) is 0.653. The van der Waals surface area contributed by atoms with E-state index >= 15 is 0 Å². The molecule has 6 nitrogen and oxygen atoms in total. The highest BCUT2D eigenvalue weighted by Gasteiger charge is 2.13. The first-order valence-electron chi connectivity index (χ1n) is 8.54.